The normalized spacial score (nSPS) is 24.5. The maximum absolute atomic E-state index is 17.0. The van der Waals surface area contributed by atoms with Crippen LogP contribution in [0.25, 0.3) is 33.1 Å². The molecule has 7 bridgehead atoms. The Bertz CT molecular complexity index is 1730. The van der Waals surface area contributed by atoms with Gasteiger partial charge in [-0.15, -0.1) is 0 Å². The number of rotatable bonds is 5. The molecule has 1 aromatic carbocycles. The van der Waals surface area contributed by atoms with Crippen molar-refractivity contribution in [2.45, 2.75) is 63.9 Å². The predicted octanol–water partition coefficient (Wildman–Crippen LogP) is 6.18. The van der Waals surface area contributed by atoms with Crippen molar-refractivity contribution in [2.24, 2.45) is 10.8 Å². The van der Waals surface area contributed by atoms with Gasteiger partial charge in [-0.25, -0.2) is 4.39 Å². The molecule has 6 aliphatic rings. The topological polar surface area (TPSA) is 92.3 Å². The third-order valence-electron chi connectivity index (χ3n) is 10.3. The van der Waals surface area contributed by atoms with Gasteiger partial charge in [0.25, 0.3) is 0 Å². The molecule has 4 aliphatic heterocycles. The summed E-state index contributed by atoms with van der Waals surface area (Å²) < 4.78 is 29.6. The molecule has 0 unspecified atom stereocenters. The standard InChI is InChI=1S/C33H39ClFN7O2/c1-41(2)17-32(8-9-32)19-44-31-38-28-23-15-36-29(27(28)35)26-21(24(34)12-25-22(26)16-37-40-25)6-3-4-11-43-20-13-33(14-20)7-5-10-42(18-33)30(23)39-31/h12,15-16,20H,3-11,13-14,17-19H2,1-2H3,(H,37,40). The quantitative estimate of drug-likeness (QED) is 0.283. The van der Waals surface area contributed by atoms with E-state index in [0.29, 0.717) is 47.5 Å². The Labute approximate surface area is 261 Å². The minimum Gasteiger partial charge on any atom is -0.463 e. The molecule has 0 amide bonds. The van der Waals surface area contributed by atoms with Crippen LogP contribution in [0.15, 0.2) is 18.5 Å². The number of anilines is 1. The Kier molecular flexibility index (Phi) is 6.95. The summed E-state index contributed by atoms with van der Waals surface area (Å²) in [7, 11) is 4.16. The summed E-state index contributed by atoms with van der Waals surface area (Å²) >= 11 is 6.86. The number of hydrogen-bond acceptors (Lipinski definition) is 8. The summed E-state index contributed by atoms with van der Waals surface area (Å²) in [5.41, 5.74) is 3.01. The first kappa shape index (κ1) is 28.4. The fourth-order valence-corrected chi connectivity index (χ4v) is 8.23. The molecule has 44 heavy (non-hydrogen) atoms. The van der Waals surface area contributed by atoms with E-state index in [2.05, 4.69) is 34.1 Å². The lowest BCUT2D eigenvalue weighted by molar-refractivity contribution is -0.0864. The number of piperidine rings is 1. The van der Waals surface area contributed by atoms with Crippen molar-refractivity contribution in [3.8, 4) is 17.3 Å². The van der Waals surface area contributed by atoms with Gasteiger partial charge in [0.1, 0.15) is 17.0 Å². The van der Waals surface area contributed by atoms with Gasteiger partial charge in [0.2, 0.25) is 0 Å². The summed E-state index contributed by atoms with van der Waals surface area (Å²) in [4.78, 5) is 19.0. The van der Waals surface area contributed by atoms with Crippen LogP contribution >= 0.6 is 11.6 Å². The Morgan fingerprint density at radius 3 is 2.82 bits per heavy atom. The van der Waals surface area contributed by atoms with Crippen LogP contribution in [0.3, 0.4) is 0 Å². The van der Waals surface area contributed by atoms with E-state index in [-0.39, 0.29) is 28.1 Å². The van der Waals surface area contributed by atoms with E-state index in [1.165, 1.54) is 6.42 Å². The molecular formula is C33H39ClFN7O2. The highest BCUT2D eigenvalue weighted by atomic mass is 35.5. The van der Waals surface area contributed by atoms with E-state index < -0.39 is 5.82 Å². The average molecular weight is 620 g/mol. The van der Waals surface area contributed by atoms with Gasteiger partial charge in [-0.3, -0.25) is 10.1 Å². The molecule has 3 aromatic heterocycles. The molecular weight excluding hydrogens is 581 g/mol. The van der Waals surface area contributed by atoms with E-state index in [1.807, 2.05) is 6.07 Å². The van der Waals surface area contributed by atoms with Crippen molar-refractivity contribution in [3.05, 3.63) is 34.9 Å². The summed E-state index contributed by atoms with van der Waals surface area (Å²) in [6.45, 7) is 3.87. The number of hydrogen-bond donors (Lipinski definition) is 1. The van der Waals surface area contributed by atoms with Crippen LogP contribution in [0.5, 0.6) is 6.01 Å². The lowest BCUT2D eigenvalue weighted by Gasteiger charge is -2.53. The fraction of sp³-hybridized carbons (Fsp3) is 0.576. The van der Waals surface area contributed by atoms with Gasteiger partial charge in [0, 0.05) is 53.8 Å². The first-order valence-corrected chi connectivity index (χ1v) is 16.4. The van der Waals surface area contributed by atoms with Crippen molar-refractivity contribution in [1.29, 1.82) is 0 Å². The van der Waals surface area contributed by atoms with E-state index in [1.54, 1.807) is 12.4 Å². The first-order chi connectivity index (χ1) is 21.3. The highest BCUT2D eigenvalue weighted by molar-refractivity contribution is 6.33. The highest BCUT2D eigenvalue weighted by Gasteiger charge is 2.48. The minimum atomic E-state index is -0.487. The van der Waals surface area contributed by atoms with Gasteiger partial charge in [0.15, 0.2) is 5.82 Å². The number of H-pyrrole nitrogens is 1. The van der Waals surface area contributed by atoms with Crippen LogP contribution in [0.4, 0.5) is 10.2 Å². The Morgan fingerprint density at radius 2 is 2.00 bits per heavy atom. The zero-order valence-corrected chi connectivity index (χ0v) is 26.2. The Balaban J connectivity index is 1.29. The van der Waals surface area contributed by atoms with Gasteiger partial charge >= 0.3 is 6.01 Å². The van der Waals surface area contributed by atoms with Crippen molar-refractivity contribution in [3.63, 3.8) is 0 Å². The molecule has 10 rings (SSSR count). The van der Waals surface area contributed by atoms with Gasteiger partial charge < -0.3 is 19.3 Å². The SMILES string of the molecule is CN(C)CC1(COc2nc3c4cnc(c(F)c4n2)-c2c(c(Cl)cc4[nH]ncc24)CCCCOC2CC4(CCCN3C4)C2)CC1. The summed E-state index contributed by atoms with van der Waals surface area (Å²) in [5, 5.41) is 9.22. The fourth-order valence-electron chi connectivity index (χ4n) is 7.93. The second-order valence-corrected chi connectivity index (χ2v) is 14.4. The van der Waals surface area contributed by atoms with Crippen LogP contribution < -0.4 is 9.64 Å². The lowest BCUT2D eigenvalue weighted by atomic mass is 9.62. The number of halogens is 2. The summed E-state index contributed by atoms with van der Waals surface area (Å²) in [6, 6.07) is 2.09. The minimum absolute atomic E-state index is 0.0922. The maximum Gasteiger partial charge on any atom is 0.319 e. The number of nitrogens with one attached hydrogen (secondary N) is 1. The Hall–Kier alpha value is -3.08. The van der Waals surface area contributed by atoms with Crippen molar-refractivity contribution >= 4 is 39.2 Å². The number of benzene rings is 1. The number of aromatic amines is 1. The largest absolute Gasteiger partial charge is 0.463 e. The van der Waals surface area contributed by atoms with Crippen molar-refractivity contribution in [2.75, 3.05) is 51.8 Å². The van der Waals surface area contributed by atoms with Gasteiger partial charge in [-0.1, -0.05) is 11.6 Å². The predicted molar refractivity (Wildman–Crippen MR) is 169 cm³/mol. The number of fused-ring (bicyclic) bond motifs is 1. The molecule has 4 aromatic rings. The van der Waals surface area contributed by atoms with Crippen molar-refractivity contribution in [1.82, 2.24) is 30.0 Å². The van der Waals surface area contributed by atoms with E-state index in [9.17, 15) is 0 Å². The molecule has 1 spiro atoms. The van der Waals surface area contributed by atoms with E-state index in [0.717, 1.165) is 81.0 Å². The van der Waals surface area contributed by atoms with Crippen LogP contribution in [0.1, 0.15) is 56.9 Å². The smallest absolute Gasteiger partial charge is 0.319 e. The monoisotopic (exact) mass is 619 g/mol. The zero-order chi connectivity index (χ0) is 30.1. The summed E-state index contributed by atoms with van der Waals surface area (Å²) in [6.07, 6.45) is 12.7. The third kappa shape index (κ3) is 4.99. The zero-order valence-electron chi connectivity index (χ0n) is 25.5. The van der Waals surface area contributed by atoms with Gasteiger partial charge in [0.05, 0.1) is 29.8 Å². The molecule has 2 aliphatic carbocycles. The van der Waals surface area contributed by atoms with E-state index >= 15 is 4.39 Å². The van der Waals surface area contributed by atoms with Gasteiger partial charge in [-0.2, -0.15) is 15.1 Å². The van der Waals surface area contributed by atoms with E-state index in [4.69, 9.17) is 36.0 Å². The molecule has 9 nitrogen and oxygen atoms in total. The van der Waals surface area contributed by atoms with Crippen LogP contribution in [-0.4, -0.2) is 83.1 Å². The van der Waals surface area contributed by atoms with Crippen LogP contribution in [-0.2, 0) is 11.2 Å². The van der Waals surface area contributed by atoms with Crippen molar-refractivity contribution < 1.29 is 13.9 Å². The molecule has 1 saturated heterocycles. The molecule has 0 radical (unpaired) electrons. The number of nitrogens with zero attached hydrogens (tertiary/aromatic N) is 6. The molecule has 3 fully saturated rings. The number of ether oxygens (including phenoxy) is 2. The third-order valence-corrected chi connectivity index (χ3v) is 10.6. The lowest BCUT2D eigenvalue weighted by Crippen LogP contribution is -2.53. The summed E-state index contributed by atoms with van der Waals surface area (Å²) in [5.74, 6) is 0.215. The second kappa shape index (κ2) is 10.8. The molecule has 11 heteroatoms. The van der Waals surface area contributed by atoms with Gasteiger partial charge in [-0.05, 0) is 88.9 Å². The second-order valence-electron chi connectivity index (χ2n) is 14.0. The highest BCUT2D eigenvalue weighted by Crippen LogP contribution is 2.51. The Morgan fingerprint density at radius 1 is 1.14 bits per heavy atom. The molecule has 0 atom stereocenters. The molecule has 1 N–H and O–H groups in total. The number of aromatic nitrogens is 5. The average Bonchev–Trinajstić information content (AvgIpc) is 3.58. The molecule has 2 saturated carbocycles. The molecule has 7 heterocycles. The maximum atomic E-state index is 17.0. The van der Waals surface area contributed by atoms with Crippen LogP contribution in [0, 0.1) is 16.6 Å². The van der Waals surface area contributed by atoms with Crippen LogP contribution in [0.2, 0.25) is 5.02 Å². The number of pyridine rings is 1. The molecule has 232 valence electrons. The first-order valence-electron chi connectivity index (χ1n) is 16.0.